The van der Waals surface area contributed by atoms with Crippen molar-refractivity contribution < 1.29 is 4.74 Å². The highest BCUT2D eigenvalue weighted by molar-refractivity contribution is 5.79. The van der Waals surface area contributed by atoms with Crippen molar-refractivity contribution in [2.24, 2.45) is 4.99 Å². The number of nitrogens with zero attached hydrogens (tertiary/aromatic N) is 4. The Hall–Kier alpha value is -2.57. The van der Waals surface area contributed by atoms with Crippen LogP contribution in [0.15, 0.2) is 29.4 Å². The first-order valence-electron chi connectivity index (χ1n) is 9.15. The van der Waals surface area contributed by atoms with E-state index in [0.29, 0.717) is 19.0 Å². The second-order valence-electron chi connectivity index (χ2n) is 6.21. The van der Waals surface area contributed by atoms with Crippen molar-refractivity contribution in [3.63, 3.8) is 0 Å². The normalized spacial score (nSPS) is 11.5. The number of aryl methyl sites for hydroxylation is 3. The Morgan fingerprint density at radius 3 is 2.73 bits per heavy atom. The van der Waals surface area contributed by atoms with E-state index in [-0.39, 0.29) is 0 Å². The third-order valence-electron chi connectivity index (χ3n) is 3.88. The highest BCUT2D eigenvalue weighted by atomic mass is 16.5. The number of aliphatic imine (C=N–C) groups is 1. The van der Waals surface area contributed by atoms with Crippen LogP contribution in [0.1, 0.15) is 36.7 Å². The Bertz CT molecular complexity index is 693. The van der Waals surface area contributed by atoms with Gasteiger partial charge in [-0.2, -0.15) is 5.10 Å². The standard InChI is InChI=1S/C19H30N6O/c1-5-11-26-18-8-7-17(13-22-18)14-23-19(20-4)21-9-6-10-25-16(3)12-15(2)24-25/h7-8,12-13H,5-6,9-11,14H2,1-4H3,(H2,20,21,23). The van der Waals surface area contributed by atoms with Crippen LogP contribution >= 0.6 is 0 Å². The summed E-state index contributed by atoms with van der Waals surface area (Å²) in [5.41, 5.74) is 3.34. The van der Waals surface area contributed by atoms with E-state index in [1.807, 2.05) is 29.9 Å². The minimum Gasteiger partial charge on any atom is -0.478 e. The summed E-state index contributed by atoms with van der Waals surface area (Å²) in [6.07, 6.45) is 3.79. The van der Waals surface area contributed by atoms with Crippen LogP contribution in [-0.2, 0) is 13.1 Å². The van der Waals surface area contributed by atoms with E-state index in [0.717, 1.165) is 43.1 Å². The van der Waals surface area contributed by atoms with Crippen LogP contribution in [0.3, 0.4) is 0 Å². The lowest BCUT2D eigenvalue weighted by Gasteiger charge is -2.12. The second kappa shape index (κ2) is 10.4. The van der Waals surface area contributed by atoms with Crippen LogP contribution in [0, 0.1) is 13.8 Å². The number of nitrogens with one attached hydrogen (secondary N) is 2. The molecule has 142 valence electrons. The summed E-state index contributed by atoms with van der Waals surface area (Å²) in [6, 6.07) is 6.01. The van der Waals surface area contributed by atoms with E-state index in [9.17, 15) is 0 Å². The molecule has 2 N–H and O–H groups in total. The van der Waals surface area contributed by atoms with Crippen molar-refractivity contribution in [3.05, 3.63) is 41.3 Å². The topological polar surface area (TPSA) is 76.4 Å². The van der Waals surface area contributed by atoms with Crippen LogP contribution in [0.25, 0.3) is 0 Å². The summed E-state index contributed by atoms with van der Waals surface area (Å²) >= 11 is 0. The number of aromatic nitrogens is 3. The molecule has 2 aromatic heterocycles. The van der Waals surface area contributed by atoms with E-state index in [1.54, 1.807) is 7.05 Å². The number of hydrogen-bond donors (Lipinski definition) is 2. The first kappa shape index (κ1) is 19.8. The lowest BCUT2D eigenvalue weighted by Crippen LogP contribution is -2.37. The van der Waals surface area contributed by atoms with Crippen LogP contribution in [0.4, 0.5) is 0 Å². The van der Waals surface area contributed by atoms with Gasteiger partial charge >= 0.3 is 0 Å². The van der Waals surface area contributed by atoms with Crippen molar-refractivity contribution in [1.29, 1.82) is 0 Å². The number of pyridine rings is 1. The average Bonchev–Trinajstić information content (AvgIpc) is 2.97. The fourth-order valence-corrected chi connectivity index (χ4v) is 2.55. The molecule has 7 nitrogen and oxygen atoms in total. The number of hydrogen-bond acceptors (Lipinski definition) is 4. The zero-order valence-electron chi connectivity index (χ0n) is 16.2. The molecule has 0 saturated heterocycles. The van der Waals surface area contributed by atoms with Gasteiger partial charge in [-0.3, -0.25) is 9.67 Å². The van der Waals surface area contributed by atoms with Crippen LogP contribution in [0.2, 0.25) is 0 Å². The first-order valence-corrected chi connectivity index (χ1v) is 9.15. The highest BCUT2D eigenvalue weighted by Gasteiger charge is 2.02. The Morgan fingerprint density at radius 1 is 1.27 bits per heavy atom. The molecule has 0 saturated carbocycles. The molecule has 0 fully saturated rings. The van der Waals surface area contributed by atoms with E-state index >= 15 is 0 Å². The largest absolute Gasteiger partial charge is 0.478 e. The van der Waals surface area contributed by atoms with Crippen molar-refractivity contribution in [1.82, 2.24) is 25.4 Å². The van der Waals surface area contributed by atoms with Gasteiger partial charge in [-0.25, -0.2) is 4.98 Å². The summed E-state index contributed by atoms with van der Waals surface area (Å²) in [4.78, 5) is 8.56. The predicted molar refractivity (Wildman–Crippen MR) is 105 cm³/mol. The first-order chi connectivity index (χ1) is 12.6. The van der Waals surface area contributed by atoms with Crippen molar-refractivity contribution in [2.45, 2.75) is 46.7 Å². The predicted octanol–water partition coefficient (Wildman–Crippen LogP) is 2.44. The quantitative estimate of drug-likeness (QED) is 0.409. The molecule has 0 radical (unpaired) electrons. The SMILES string of the molecule is CCCOc1ccc(CNC(=NC)NCCCn2nc(C)cc2C)cn1. The van der Waals surface area contributed by atoms with E-state index in [4.69, 9.17) is 4.74 Å². The third-order valence-corrected chi connectivity index (χ3v) is 3.88. The van der Waals surface area contributed by atoms with Crippen LogP contribution < -0.4 is 15.4 Å². The molecule has 7 heteroatoms. The monoisotopic (exact) mass is 358 g/mol. The molecule has 0 bridgehead atoms. The van der Waals surface area contributed by atoms with Gasteiger partial charge < -0.3 is 15.4 Å². The fourth-order valence-electron chi connectivity index (χ4n) is 2.55. The molecular formula is C19H30N6O. The zero-order chi connectivity index (χ0) is 18.8. The number of ether oxygens (including phenoxy) is 1. The summed E-state index contributed by atoms with van der Waals surface area (Å²) < 4.78 is 7.54. The minimum atomic E-state index is 0.665. The molecule has 2 heterocycles. The van der Waals surface area contributed by atoms with Gasteiger partial charge in [0.15, 0.2) is 5.96 Å². The average molecular weight is 358 g/mol. The maximum atomic E-state index is 5.49. The second-order valence-corrected chi connectivity index (χ2v) is 6.21. The molecule has 0 aromatic carbocycles. The summed E-state index contributed by atoms with van der Waals surface area (Å²) in [5.74, 6) is 1.45. The van der Waals surface area contributed by atoms with E-state index in [2.05, 4.69) is 45.6 Å². The lowest BCUT2D eigenvalue weighted by molar-refractivity contribution is 0.305. The van der Waals surface area contributed by atoms with Gasteiger partial charge in [0.2, 0.25) is 5.88 Å². The summed E-state index contributed by atoms with van der Waals surface area (Å²) in [5, 5.41) is 11.1. The molecule has 26 heavy (non-hydrogen) atoms. The van der Waals surface area contributed by atoms with Gasteiger partial charge in [0.05, 0.1) is 12.3 Å². The van der Waals surface area contributed by atoms with Gasteiger partial charge in [0, 0.05) is 44.6 Å². The number of guanidine groups is 1. The highest BCUT2D eigenvalue weighted by Crippen LogP contribution is 2.07. The Labute approximate surface area is 155 Å². The molecular weight excluding hydrogens is 328 g/mol. The van der Waals surface area contributed by atoms with Crippen molar-refractivity contribution in [3.8, 4) is 5.88 Å². The Balaban J connectivity index is 1.69. The van der Waals surface area contributed by atoms with E-state index < -0.39 is 0 Å². The fraction of sp³-hybridized carbons (Fsp3) is 0.526. The maximum absolute atomic E-state index is 5.49. The van der Waals surface area contributed by atoms with Gasteiger partial charge in [-0.1, -0.05) is 13.0 Å². The zero-order valence-corrected chi connectivity index (χ0v) is 16.2. The minimum absolute atomic E-state index is 0.665. The Kier molecular flexibility index (Phi) is 7.92. The smallest absolute Gasteiger partial charge is 0.213 e. The molecule has 2 aromatic rings. The lowest BCUT2D eigenvalue weighted by atomic mass is 10.3. The van der Waals surface area contributed by atoms with Crippen LogP contribution in [0.5, 0.6) is 5.88 Å². The molecule has 0 aliphatic rings. The molecule has 0 unspecified atom stereocenters. The van der Waals surface area contributed by atoms with E-state index in [1.165, 1.54) is 5.69 Å². The summed E-state index contributed by atoms with van der Waals surface area (Å²) in [7, 11) is 1.77. The van der Waals surface area contributed by atoms with Crippen molar-refractivity contribution in [2.75, 3.05) is 20.2 Å². The van der Waals surface area contributed by atoms with Crippen molar-refractivity contribution >= 4 is 5.96 Å². The Morgan fingerprint density at radius 2 is 2.12 bits per heavy atom. The van der Waals surface area contributed by atoms with Gasteiger partial charge in [0.25, 0.3) is 0 Å². The molecule has 0 spiro atoms. The van der Waals surface area contributed by atoms with Gasteiger partial charge in [-0.05, 0) is 38.3 Å². The summed E-state index contributed by atoms with van der Waals surface area (Å²) in [6.45, 7) is 9.27. The molecule has 0 atom stereocenters. The molecule has 0 aliphatic carbocycles. The van der Waals surface area contributed by atoms with Gasteiger partial charge in [0.1, 0.15) is 0 Å². The number of rotatable bonds is 9. The molecule has 2 rings (SSSR count). The van der Waals surface area contributed by atoms with Gasteiger partial charge in [-0.15, -0.1) is 0 Å². The maximum Gasteiger partial charge on any atom is 0.213 e. The van der Waals surface area contributed by atoms with Crippen LogP contribution in [-0.4, -0.2) is 40.9 Å². The third kappa shape index (κ3) is 6.38. The molecule has 0 amide bonds. The molecule has 0 aliphatic heterocycles.